The number of carbonyl (C=O) groups excluding carboxylic acids is 3. The molecule has 0 aromatic rings. The molecule has 0 spiro atoms. The van der Waals surface area contributed by atoms with Gasteiger partial charge in [0.1, 0.15) is 13.2 Å². The van der Waals surface area contributed by atoms with Crippen molar-refractivity contribution >= 4 is 17.9 Å². The minimum atomic E-state index is -0.761. The van der Waals surface area contributed by atoms with Crippen molar-refractivity contribution in [2.75, 3.05) is 13.2 Å². The molecule has 71 heavy (non-hydrogen) atoms. The second-order valence-corrected chi connectivity index (χ2v) is 22.0. The van der Waals surface area contributed by atoms with Crippen molar-refractivity contribution < 1.29 is 28.6 Å². The van der Waals surface area contributed by atoms with Gasteiger partial charge in [0.05, 0.1) is 0 Å². The van der Waals surface area contributed by atoms with Crippen LogP contribution in [-0.2, 0) is 28.6 Å². The first-order chi connectivity index (χ1) is 35.0. The molecular formula is C65H124O6. The summed E-state index contributed by atoms with van der Waals surface area (Å²) in [4.78, 5) is 37.9. The van der Waals surface area contributed by atoms with Crippen molar-refractivity contribution in [2.45, 2.75) is 374 Å². The van der Waals surface area contributed by atoms with Gasteiger partial charge >= 0.3 is 17.9 Å². The second-order valence-electron chi connectivity index (χ2n) is 22.0. The number of allylic oxidation sites excluding steroid dienone is 2. The molecule has 1 unspecified atom stereocenters. The van der Waals surface area contributed by atoms with E-state index in [4.69, 9.17) is 14.2 Å². The molecule has 0 N–H and O–H groups in total. The molecule has 0 heterocycles. The largest absolute Gasteiger partial charge is 0.462 e. The van der Waals surface area contributed by atoms with Crippen molar-refractivity contribution in [3.8, 4) is 0 Å². The van der Waals surface area contributed by atoms with E-state index >= 15 is 0 Å². The molecule has 0 fully saturated rings. The first-order valence-corrected chi connectivity index (χ1v) is 32.2. The van der Waals surface area contributed by atoms with E-state index in [-0.39, 0.29) is 31.1 Å². The molecule has 0 saturated carbocycles. The van der Waals surface area contributed by atoms with Crippen LogP contribution < -0.4 is 0 Å². The highest BCUT2D eigenvalue weighted by atomic mass is 16.6. The van der Waals surface area contributed by atoms with Crippen LogP contribution in [0, 0.1) is 0 Å². The highest BCUT2D eigenvalue weighted by Crippen LogP contribution is 2.18. The molecule has 6 heteroatoms. The van der Waals surface area contributed by atoms with Gasteiger partial charge < -0.3 is 14.2 Å². The lowest BCUT2D eigenvalue weighted by atomic mass is 10.0. The predicted octanol–water partition coefficient (Wildman–Crippen LogP) is 21.7. The Kier molecular flexibility index (Phi) is 59.1. The maximum Gasteiger partial charge on any atom is 0.306 e. The number of carbonyl (C=O) groups is 3. The van der Waals surface area contributed by atoms with Gasteiger partial charge in [-0.2, -0.15) is 0 Å². The average Bonchev–Trinajstić information content (AvgIpc) is 3.37. The summed E-state index contributed by atoms with van der Waals surface area (Å²) in [6.45, 7) is 6.62. The number of unbranched alkanes of at least 4 members (excludes halogenated alkanes) is 47. The molecule has 0 amide bonds. The average molecular weight is 1000 g/mol. The Morgan fingerprint density at radius 3 is 0.704 bits per heavy atom. The third-order valence-corrected chi connectivity index (χ3v) is 14.8. The highest BCUT2D eigenvalue weighted by Gasteiger charge is 2.19. The van der Waals surface area contributed by atoms with Gasteiger partial charge in [-0.15, -0.1) is 0 Å². The van der Waals surface area contributed by atoms with E-state index in [1.807, 2.05) is 0 Å². The highest BCUT2D eigenvalue weighted by molar-refractivity contribution is 5.71. The van der Waals surface area contributed by atoms with Crippen LogP contribution in [0.15, 0.2) is 12.2 Å². The Morgan fingerprint density at radius 1 is 0.268 bits per heavy atom. The van der Waals surface area contributed by atoms with E-state index in [9.17, 15) is 14.4 Å². The lowest BCUT2D eigenvalue weighted by Gasteiger charge is -2.18. The Bertz CT molecular complexity index is 1100. The van der Waals surface area contributed by atoms with Crippen LogP contribution in [0.1, 0.15) is 367 Å². The Morgan fingerprint density at radius 2 is 0.465 bits per heavy atom. The molecule has 0 aliphatic carbocycles. The van der Waals surface area contributed by atoms with Crippen LogP contribution in [0.5, 0.6) is 0 Å². The molecule has 0 aromatic carbocycles. The van der Waals surface area contributed by atoms with Gasteiger partial charge in [0.25, 0.3) is 0 Å². The van der Waals surface area contributed by atoms with Crippen molar-refractivity contribution in [3.63, 3.8) is 0 Å². The molecule has 0 saturated heterocycles. The van der Waals surface area contributed by atoms with Gasteiger partial charge in [-0.05, 0) is 44.9 Å². The Balaban J connectivity index is 3.89. The maximum absolute atomic E-state index is 12.8. The summed E-state index contributed by atoms with van der Waals surface area (Å²) in [5.41, 5.74) is 0. The summed E-state index contributed by atoms with van der Waals surface area (Å²) in [7, 11) is 0. The quantitative estimate of drug-likeness (QED) is 0.0261. The predicted molar refractivity (Wildman–Crippen MR) is 307 cm³/mol. The topological polar surface area (TPSA) is 78.9 Å². The summed E-state index contributed by atoms with van der Waals surface area (Å²) < 4.78 is 16.8. The van der Waals surface area contributed by atoms with Crippen molar-refractivity contribution in [3.05, 3.63) is 12.2 Å². The van der Waals surface area contributed by atoms with Gasteiger partial charge in [0, 0.05) is 19.3 Å². The van der Waals surface area contributed by atoms with Crippen LogP contribution in [0.3, 0.4) is 0 Å². The summed E-state index contributed by atoms with van der Waals surface area (Å²) in [5, 5.41) is 0. The zero-order valence-corrected chi connectivity index (χ0v) is 48.3. The van der Waals surface area contributed by atoms with E-state index in [2.05, 4.69) is 32.9 Å². The lowest BCUT2D eigenvalue weighted by Crippen LogP contribution is -2.30. The third-order valence-electron chi connectivity index (χ3n) is 14.8. The monoisotopic (exact) mass is 1000 g/mol. The Labute approximate surface area is 443 Å². The molecule has 0 aliphatic rings. The van der Waals surface area contributed by atoms with E-state index in [0.29, 0.717) is 19.3 Å². The zero-order valence-electron chi connectivity index (χ0n) is 48.3. The smallest absolute Gasteiger partial charge is 0.306 e. The molecule has 6 nitrogen and oxygen atoms in total. The summed E-state index contributed by atoms with van der Waals surface area (Å²) in [5.74, 6) is -0.852. The third kappa shape index (κ3) is 58.9. The molecule has 1 atom stereocenters. The fraction of sp³-hybridized carbons (Fsp3) is 0.923. The molecule has 420 valence electrons. The molecule has 0 radical (unpaired) electrons. The van der Waals surface area contributed by atoms with Crippen molar-refractivity contribution in [2.24, 2.45) is 0 Å². The lowest BCUT2D eigenvalue weighted by molar-refractivity contribution is -0.167. The summed E-state index contributed by atoms with van der Waals surface area (Å²) >= 11 is 0. The van der Waals surface area contributed by atoms with Gasteiger partial charge in [-0.25, -0.2) is 0 Å². The van der Waals surface area contributed by atoms with E-state index in [1.165, 1.54) is 263 Å². The van der Waals surface area contributed by atoms with E-state index < -0.39 is 6.10 Å². The van der Waals surface area contributed by atoms with Crippen molar-refractivity contribution in [1.82, 2.24) is 0 Å². The van der Waals surface area contributed by atoms with Crippen LogP contribution in [0.4, 0.5) is 0 Å². The first-order valence-electron chi connectivity index (χ1n) is 32.2. The SMILES string of the molecule is CCCCCCCCCC/C=C\CCCCCCCCCCCCCCCCCCCCCC(=O)OCC(COC(=O)CCCCCCC)OC(=O)CCCCCCCCCCCCCCCCCCC. The van der Waals surface area contributed by atoms with Crippen LogP contribution >= 0.6 is 0 Å². The number of esters is 3. The van der Waals surface area contributed by atoms with E-state index in [1.54, 1.807) is 0 Å². The van der Waals surface area contributed by atoms with Gasteiger partial charge in [-0.1, -0.05) is 315 Å². The number of hydrogen-bond donors (Lipinski definition) is 0. The van der Waals surface area contributed by atoms with Crippen LogP contribution in [0.25, 0.3) is 0 Å². The maximum atomic E-state index is 12.8. The fourth-order valence-electron chi connectivity index (χ4n) is 9.91. The van der Waals surface area contributed by atoms with Crippen molar-refractivity contribution in [1.29, 1.82) is 0 Å². The molecule has 0 aromatic heterocycles. The van der Waals surface area contributed by atoms with Crippen LogP contribution in [0.2, 0.25) is 0 Å². The molecule has 0 rings (SSSR count). The normalized spacial score (nSPS) is 12.0. The van der Waals surface area contributed by atoms with Gasteiger partial charge in [0.15, 0.2) is 6.10 Å². The van der Waals surface area contributed by atoms with Gasteiger partial charge in [-0.3, -0.25) is 14.4 Å². The number of hydrogen-bond acceptors (Lipinski definition) is 6. The van der Waals surface area contributed by atoms with Crippen LogP contribution in [-0.4, -0.2) is 37.2 Å². The zero-order chi connectivity index (χ0) is 51.4. The summed E-state index contributed by atoms with van der Waals surface area (Å²) in [6.07, 6.45) is 71.4. The number of ether oxygens (including phenoxy) is 3. The summed E-state index contributed by atoms with van der Waals surface area (Å²) in [6, 6.07) is 0. The Hall–Kier alpha value is -1.85. The molecule has 0 bridgehead atoms. The minimum Gasteiger partial charge on any atom is -0.462 e. The molecular weight excluding hydrogens is 877 g/mol. The number of rotatable bonds is 60. The minimum absolute atomic E-state index is 0.0640. The fourth-order valence-corrected chi connectivity index (χ4v) is 9.91. The first kappa shape index (κ1) is 69.2. The molecule has 0 aliphatic heterocycles. The standard InChI is InChI=1S/C65H124O6/c1-4-7-10-13-15-17-19-21-23-25-26-27-28-29-30-31-32-33-34-35-36-37-38-40-41-43-45-47-49-52-55-58-64(67)70-61-62(60-69-63(66)57-54-51-12-9-6-3)71-65(68)59-56-53-50-48-46-44-42-39-24-22-20-18-16-14-11-8-5-2/h25-26,62H,4-24,27-61H2,1-3H3/b26-25-. The second kappa shape index (κ2) is 60.7. The van der Waals surface area contributed by atoms with E-state index in [0.717, 1.165) is 64.2 Å². The van der Waals surface area contributed by atoms with Gasteiger partial charge in [0.2, 0.25) is 0 Å².